The molecule has 1 atom stereocenters. The Bertz CT molecular complexity index is 1170. The van der Waals surface area contributed by atoms with Gasteiger partial charge < -0.3 is 15.0 Å². The molecule has 3 heterocycles. The Labute approximate surface area is 186 Å². The molecule has 1 aliphatic rings. The fourth-order valence-corrected chi connectivity index (χ4v) is 3.90. The molecule has 4 rings (SSSR count). The van der Waals surface area contributed by atoms with E-state index in [1.807, 2.05) is 52.0 Å². The lowest BCUT2D eigenvalue weighted by molar-refractivity contribution is -0.117. The van der Waals surface area contributed by atoms with E-state index >= 15 is 0 Å². The summed E-state index contributed by atoms with van der Waals surface area (Å²) in [6.45, 7) is 8.55. The molecule has 1 N–H and O–H groups in total. The van der Waals surface area contributed by atoms with Gasteiger partial charge in [-0.05, 0) is 63.8 Å². The predicted octanol–water partition coefficient (Wildman–Crippen LogP) is 2.62. The van der Waals surface area contributed by atoms with Crippen LogP contribution in [0, 0.1) is 27.7 Å². The minimum absolute atomic E-state index is 0.0173. The number of hydrogen-bond acceptors (Lipinski definition) is 6. The SMILES string of the molecule is Cc1cc(C)n2nc(C(=O)N(CC(=O)Nc3cccc(C)c3C)C[C@@H]3CCCO3)nc2n1. The highest BCUT2D eigenvalue weighted by Gasteiger charge is 2.28. The zero-order valence-electron chi connectivity index (χ0n) is 18.9. The summed E-state index contributed by atoms with van der Waals surface area (Å²) in [4.78, 5) is 36.3. The molecule has 168 valence electrons. The number of amides is 2. The molecule has 1 aliphatic heterocycles. The molecule has 2 aromatic heterocycles. The smallest absolute Gasteiger partial charge is 0.294 e. The molecule has 9 nitrogen and oxygen atoms in total. The van der Waals surface area contributed by atoms with Gasteiger partial charge in [0.15, 0.2) is 0 Å². The summed E-state index contributed by atoms with van der Waals surface area (Å²) in [6.07, 6.45) is 1.68. The van der Waals surface area contributed by atoms with Crippen LogP contribution in [0.3, 0.4) is 0 Å². The molecular weight excluding hydrogens is 408 g/mol. The van der Waals surface area contributed by atoms with Crippen LogP contribution >= 0.6 is 0 Å². The first-order valence-corrected chi connectivity index (χ1v) is 10.8. The molecule has 9 heteroatoms. The summed E-state index contributed by atoms with van der Waals surface area (Å²) in [5.74, 6) is -0.315. The maximum Gasteiger partial charge on any atom is 0.294 e. The minimum atomic E-state index is -0.417. The van der Waals surface area contributed by atoms with E-state index in [1.54, 1.807) is 4.52 Å². The van der Waals surface area contributed by atoms with Crippen LogP contribution in [-0.2, 0) is 9.53 Å². The van der Waals surface area contributed by atoms with E-state index < -0.39 is 5.91 Å². The van der Waals surface area contributed by atoms with Gasteiger partial charge in [-0.3, -0.25) is 9.59 Å². The summed E-state index contributed by atoms with van der Waals surface area (Å²) in [5, 5.41) is 7.27. The van der Waals surface area contributed by atoms with Crippen molar-refractivity contribution in [3.05, 3.63) is 52.6 Å². The van der Waals surface area contributed by atoms with Crippen molar-refractivity contribution in [3.63, 3.8) is 0 Å². The molecule has 1 aromatic carbocycles. The maximum atomic E-state index is 13.3. The number of aryl methyl sites for hydroxylation is 3. The topological polar surface area (TPSA) is 102 Å². The standard InChI is InChI=1S/C23H28N6O3/c1-14-7-5-9-19(17(14)4)25-20(30)13-28(12-18-8-6-10-32-18)22(31)21-26-23-24-15(2)11-16(3)29(23)27-21/h5,7,9,11,18H,6,8,10,12-13H2,1-4H3,(H,25,30)/t18-/m0/s1. The zero-order chi connectivity index (χ0) is 22.8. The van der Waals surface area contributed by atoms with E-state index in [1.165, 1.54) is 4.90 Å². The van der Waals surface area contributed by atoms with E-state index in [-0.39, 0.29) is 24.4 Å². The van der Waals surface area contributed by atoms with Gasteiger partial charge in [0.25, 0.3) is 11.7 Å². The van der Waals surface area contributed by atoms with Crippen LogP contribution in [0.25, 0.3) is 5.78 Å². The van der Waals surface area contributed by atoms with Gasteiger partial charge in [0, 0.05) is 30.2 Å². The number of ether oxygens (including phenoxy) is 1. The lowest BCUT2D eigenvalue weighted by Crippen LogP contribution is -2.42. The lowest BCUT2D eigenvalue weighted by atomic mass is 10.1. The van der Waals surface area contributed by atoms with E-state index in [2.05, 4.69) is 20.4 Å². The van der Waals surface area contributed by atoms with Crippen molar-refractivity contribution in [1.82, 2.24) is 24.5 Å². The zero-order valence-corrected chi connectivity index (χ0v) is 18.9. The summed E-state index contributed by atoms with van der Waals surface area (Å²) in [7, 11) is 0. The van der Waals surface area contributed by atoms with Gasteiger partial charge in [0.05, 0.1) is 6.10 Å². The normalized spacial score (nSPS) is 15.8. The largest absolute Gasteiger partial charge is 0.376 e. The maximum absolute atomic E-state index is 13.3. The molecular formula is C23H28N6O3. The number of fused-ring (bicyclic) bond motifs is 1. The number of benzene rings is 1. The van der Waals surface area contributed by atoms with Crippen molar-refractivity contribution in [2.24, 2.45) is 0 Å². The molecule has 0 saturated carbocycles. The molecule has 1 fully saturated rings. The third-order valence-electron chi connectivity index (χ3n) is 5.76. The fourth-order valence-electron chi connectivity index (χ4n) is 3.90. The third kappa shape index (κ3) is 4.62. The Kier molecular flexibility index (Phi) is 6.18. The Morgan fingerprint density at radius 1 is 1.22 bits per heavy atom. The van der Waals surface area contributed by atoms with Gasteiger partial charge in [-0.2, -0.15) is 4.98 Å². The van der Waals surface area contributed by atoms with Crippen LogP contribution in [0.1, 0.15) is 46.0 Å². The van der Waals surface area contributed by atoms with Crippen molar-refractivity contribution in [1.29, 1.82) is 0 Å². The number of hydrogen-bond donors (Lipinski definition) is 1. The van der Waals surface area contributed by atoms with Crippen molar-refractivity contribution >= 4 is 23.3 Å². The van der Waals surface area contributed by atoms with Crippen LogP contribution in [0.4, 0.5) is 5.69 Å². The van der Waals surface area contributed by atoms with Crippen molar-refractivity contribution in [2.75, 3.05) is 25.0 Å². The van der Waals surface area contributed by atoms with Crippen molar-refractivity contribution < 1.29 is 14.3 Å². The first-order chi connectivity index (χ1) is 15.3. The fraction of sp³-hybridized carbons (Fsp3) is 0.435. The molecule has 1 saturated heterocycles. The molecule has 32 heavy (non-hydrogen) atoms. The van der Waals surface area contributed by atoms with Gasteiger partial charge >= 0.3 is 0 Å². The van der Waals surface area contributed by atoms with Crippen molar-refractivity contribution in [3.8, 4) is 0 Å². The van der Waals surface area contributed by atoms with Crippen LogP contribution < -0.4 is 5.32 Å². The number of carbonyl (C=O) groups excluding carboxylic acids is 2. The second-order valence-corrected chi connectivity index (χ2v) is 8.30. The average molecular weight is 437 g/mol. The Morgan fingerprint density at radius 2 is 2.03 bits per heavy atom. The van der Waals surface area contributed by atoms with Crippen LogP contribution in [0.2, 0.25) is 0 Å². The van der Waals surface area contributed by atoms with Gasteiger partial charge in [0.1, 0.15) is 6.54 Å². The third-order valence-corrected chi connectivity index (χ3v) is 5.76. The molecule has 0 bridgehead atoms. The summed E-state index contributed by atoms with van der Waals surface area (Å²) in [6, 6.07) is 7.61. The summed E-state index contributed by atoms with van der Waals surface area (Å²) >= 11 is 0. The van der Waals surface area contributed by atoms with Gasteiger partial charge in [0.2, 0.25) is 11.7 Å². The number of rotatable bonds is 6. The van der Waals surface area contributed by atoms with E-state index in [9.17, 15) is 9.59 Å². The summed E-state index contributed by atoms with van der Waals surface area (Å²) in [5.41, 5.74) is 4.45. The average Bonchev–Trinajstić information content (AvgIpc) is 3.40. The highest BCUT2D eigenvalue weighted by Crippen LogP contribution is 2.19. The van der Waals surface area contributed by atoms with Crippen LogP contribution in [0.15, 0.2) is 24.3 Å². The molecule has 2 amide bonds. The Balaban J connectivity index is 1.57. The number of nitrogens with one attached hydrogen (secondary N) is 1. The van der Waals surface area contributed by atoms with E-state index in [4.69, 9.17) is 4.74 Å². The highest BCUT2D eigenvalue weighted by atomic mass is 16.5. The van der Waals surface area contributed by atoms with Gasteiger partial charge in [-0.15, -0.1) is 5.10 Å². The number of nitrogens with zero attached hydrogens (tertiary/aromatic N) is 5. The molecule has 0 radical (unpaired) electrons. The molecule has 0 spiro atoms. The number of carbonyl (C=O) groups is 2. The Morgan fingerprint density at radius 3 is 2.78 bits per heavy atom. The second kappa shape index (κ2) is 9.04. The van der Waals surface area contributed by atoms with Crippen LogP contribution in [0.5, 0.6) is 0 Å². The molecule has 0 unspecified atom stereocenters. The first-order valence-electron chi connectivity index (χ1n) is 10.8. The lowest BCUT2D eigenvalue weighted by Gasteiger charge is -2.24. The summed E-state index contributed by atoms with van der Waals surface area (Å²) < 4.78 is 7.26. The van der Waals surface area contributed by atoms with Crippen molar-refractivity contribution in [2.45, 2.75) is 46.6 Å². The first kappa shape index (κ1) is 21.9. The number of aromatic nitrogens is 4. The predicted molar refractivity (Wildman–Crippen MR) is 120 cm³/mol. The van der Waals surface area contributed by atoms with Gasteiger partial charge in [-0.25, -0.2) is 9.50 Å². The van der Waals surface area contributed by atoms with E-state index in [0.717, 1.165) is 41.0 Å². The Hall–Kier alpha value is -3.33. The van der Waals surface area contributed by atoms with Gasteiger partial charge in [-0.1, -0.05) is 12.1 Å². The second-order valence-electron chi connectivity index (χ2n) is 8.30. The number of anilines is 1. The minimum Gasteiger partial charge on any atom is -0.376 e. The molecule has 3 aromatic rings. The van der Waals surface area contributed by atoms with Crippen LogP contribution in [-0.4, -0.2) is 62.1 Å². The molecule has 0 aliphatic carbocycles. The quantitative estimate of drug-likeness (QED) is 0.637. The monoisotopic (exact) mass is 436 g/mol. The van der Waals surface area contributed by atoms with E-state index in [0.29, 0.717) is 18.9 Å². The highest BCUT2D eigenvalue weighted by molar-refractivity contribution is 5.98.